The Hall–Kier alpha value is -3.54. The lowest BCUT2D eigenvalue weighted by atomic mass is 10.0. The van der Waals surface area contributed by atoms with Crippen LogP contribution in [0.5, 0.6) is 5.75 Å². The summed E-state index contributed by atoms with van der Waals surface area (Å²) < 4.78 is 35.3. The fourth-order valence-electron chi connectivity index (χ4n) is 5.82. The van der Waals surface area contributed by atoms with Gasteiger partial charge in [-0.25, -0.2) is 4.98 Å². The van der Waals surface area contributed by atoms with Crippen LogP contribution in [-0.2, 0) is 4.79 Å². The third-order valence-corrected chi connectivity index (χ3v) is 8.22. The first-order chi connectivity index (χ1) is 19.2. The third-order valence-electron chi connectivity index (χ3n) is 8.22. The number of methoxy groups -OCH3 is 1. The Kier molecular flexibility index (Phi) is 8.07. The molecule has 1 aromatic carbocycles. The number of piperidine rings is 1. The van der Waals surface area contributed by atoms with Gasteiger partial charge in [0.05, 0.1) is 25.5 Å². The summed E-state index contributed by atoms with van der Waals surface area (Å²) in [6.07, 6.45) is 6.62. The van der Waals surface area contributed by atoms with E-state index < -0.39 is 18.4 Å². The standard InChI is InChI=1S/C28H37F2N7O3/c1-4-36-13-11-19(12-14-36)32-25(38)18-9-10-21(23(15-18)40-3)33-27-31-16-22-24(34-27)37(20-7-5-6-8-20)17-28(29,30)26(39)35(22)2/h9-10,15-16,19-20H,4-8,11-14,17H2,1-3H3,(H,32,38)(H,31,33,34). The number of rotatable bonds is 7. The third kappa shape index (κ3) is 5.67. The number of hydrogen-bond acceptors (Lipinski definition) is 8. The van der Waals surface area contributed by atoms with Crippen molar-refractivity contribution in [2.45, 2.75) is 63.5 Å². The number of carbonyl (C=O) groups is 2. The van der Waals surface area contributed by atoms with Crippen LogP contribution in [0.1, 0.15) is 55.8 Å². The fraction of sp³-hybridized carbons (Fsp3) is 0.571. The summed E-state index contributed by atoms with van der Waals surface area (Å²) in [4.78, 5) is 39.3. The summed E-state index contributed by atoms with van der Waals surface area (Å²) >= 11 is 0. The molecule has 3 aliphatic rings. The van der Waals surface area contributed by atoms with E-state index >= 15 is 0 Å². The molecular formula is C28H37F2N7O3. The number of anilines is 4. The van der Waals surface area contributed by atoms with Gasteiger partial charge in [0.1, 0.15) is 11.4 Å². The minimum atomic E-state index is -3.54. The Morgan fingerprint density at radius 3 is 2.58 bits per heavy atom. The molecule has 1 aromatic heterocycles. The summed E-state index contributed by atoms with van der Waals surface area (Å²) in [7, 11) is 2.83. The number of nitrogens with one attached hydrogen (secondary N) is 2. The number of nitrogens with zero attached hydrogens (tertiary/aromatic N) is 5. The lowest BCUT2D eigenvalue weighted by Crippen LogP contribution is -2.48. The van der Waals surface area contributed by atoms with Crippen molar-refractivity contribution < 1.29 is 23.1 Å². The Morgan fingerprint density at radius 2 is 1.90 bits per heavy atom. The number of fused-ring (bicyclic) bond motifs is 1. The minimum Gasteiger partial charge on any atom is -0.495 e. The highest BCUT2D eigenvalue weighted by atomic mass is 19.3. The zero-order valence-electron chi connectivity index (χ0n) is 23.3. The first-order valence-electron chi connectivity index (χ1n) is 14.0. The van der Waals surface area contributed by atoms with Gasteiger partial charge in [0.25, 0.3) is 11.8 Å². The lowest BCUT2D eigenvalue weighted by Gasteiger charge is -2.31. The van der Waals surface area contributed by atoms with E-state index in [0.29, 0.717) is 22.8 Å². The van der Waals surface area contributed by atoms with Crippen molar-refractivity contribution in [3.05, 3.63) is 30.0 Å². The number of aromatic nitrogens is 2. The fourth-order valence-corrected chi connectivity index (χ4v) is 5.82. The van der Waals surface area contributed by atoms with Crippen LogP contribution in [0.2, 0.25) is 0 Å². The molecule has 2 N–H and O–H groups in total. The minimum absolute atomic E-state index is 0.131. The van der Waals surface area contributed by atoms with Gasteiger partial charge in [0, 0.05) is 37.8 Å². The molecule has 40 heavy (non-hydrogen) atoms. The highest BCUT2D eigenvalue weighted by Gasteiger charge is 2.48. The molecule has 3 heterocycles. The van der Waals surface area contributed by atoms with E-state index in [2.05, 4.69) is 32.4 Å². The van der Waals surface area contributed by atoms with Crippen molar-refractivity contribution in [2.75, 3.05) is 55.5 Å². The maximum atomic E-state index is 14.9. The Morgan fingerprint density at radius 1 is 1.18 bits per heavy atom. The summed E-state index contributed by atoms with van der Waals surface area (Å²) in [5, 5.41) is 6.23. The molecule has 2 fully saturated rings. The van der Waals surface area contributed by atoms with E-state index in [4.69, 9.17) is 4.74 Å². The van der Waals surface area contributed by atoms with Crippen LogP contribution in [0.4, 0.5) is 31.9 Å². The van der Waals surface area contributed by atoms with Crippen molar-refractivity contribution in [2.24, 2.45) is 0 Å². The van der Waals surface area contributed by atoms with Crippen LogP contribution < -0.4 is 25.2 Å². The Bertz CT molecular complexity index is 1250. The predicted octanol–water partition coefficient (Wildman–Crippen LogP) is 3.80. The Balaban J connectivity index is 1.37. The van der Waals surface area contributed by atoms with Crippen LogP contribution >= 0.6 is 0 Å². The smallest absolute Gasteiger partial charge is 0.342 e. The molecule has 2 aromatic rings. The maximum absolute atomic E-state index is 14.9. The molecular weight excluding hydrogens is 520 g/mol. The van der Waals surface area contributed by atoms with Crippen LogP contribution in [-0.4, -0.2) is 85.0 Å². The van der Waals surface area contributed by atoms with Gasteiger partial charge in [0.2, 0.25) is 5.95 Å². The van der Waals surface area contributed by atoms with E-state index in [0.717, 1.165) is 63.1 Å². The molecule has 1 aliphatic carbocycles. The van der Waals surface area contributed by atoms with Crippen LogP contribution in [0.15, 0.2) is 24.4 Å². The monoisotopic (exact) mass is 557 g/mol. The number of alkyl halides is 2. The largest absolute Gasteiger partial charge is 0.495 e. The second kappa shape index (κ2) is 11.5. The summed E-state index contributed by atoms with van der Waals surface area (Å²) in [5.41, 5.74) is 1.23. The van der Waals surface area contributed by atoms with Gasteiger partial charge in [-0.2, -0.15) is 13.8 Å². The molecule has 0 atom stereocenters. The molecule has 0 unspecified atom stereocenters. The molecule has 1 saturated heterocycles. The van der Waals surface area contributed by atoms with Crippen molar-refractivity contribution in [1.82, 2.24) is 20.2 Å². The van der Waals surface area contributed by atoms with Crippen LogP contribution in [0, 0.1) is 0 Å². The predicted molar refractivity (Wildman–Crippen MR) is 149 cm³/mol. The molecule has 0 spiro atoms. The summed E-state index contributed by atoms with van der Waals surface area (Å²) in [6.45, 7) is 4.36. The molecule has 216 valence electrons. The van der Waals surface area contributed by atoms with Crippen molar-refractivity contribution >= 4 is 35.0 Å². The Labute approximate surface area is 233 Å². The van der Waals surface area contributed by atoms with E-state index in [9.17, 15) is 18.4 Å². The summed E-state index contributed by atoms with van der Waals surface area (Å²) in [6, 6.07) is 5.06. The number of halogens is 2. The van der Waals surface area contributed by atoms with E-state index in [-0.39, 0.29) is 29.6 Å². The zero-order valence-corrected chi connectivity index (χ0v) is 23.3. The number of benzene rings is 1. The number of carbonyl (C=O) groups excluding carboxylic acids is 2. The SMILES string of the molecule is CCN1CCC(NC(=O)c2ccc(Nc3ncc4c(n3)N(C3CCCC3)CC(F)(F)C(=O)N4C)c(OC)c2)CC1. The lowest BCUT2D eigenvalue weighted by molar-refractivity contribution is -0.140. The van der Waals surface area contributed by atoms with Gasteiger partial charge in [0.15, 0.2) is 5.82 Å². The van der Waals surface area contributed by atoms with Gasteiger partial charge in [-0.3, -0.25) is 9.59 Å². The second-order valence-electron chi connectivity index (χ2n) is 10.8. The number of likely N-dealkylation sites (tertiary alicyclic amines) is 1. The molecule has 12 heteroatoms. The molecule has 0 bridgehead atoms. The van der Waals surface area contributed by atoms with Crippen LogP contribution in [0.3, 0.4) is 0 Å². The zero-order chi connectivity index (χ0) is 28.4. The van der Waals surface area contributed by atoms with E-state index in [1.165, 1.54) is 20.4 Å². The number of amides is 2. The van der Waals surface area contributed by atoms with Crippen molar-refractivity contribution in [1.29, 1.82) is 0 Å². The number of hydrogen-bond donors (Lipinski definition) is 2. The van der Waals surface area contributed by atoms with Crippen molar-refractivity contribution in [3.63, 3.8) is 0 Å². The topological polar surface area (TPSA) is 103 Å². The van der Waals surface area contributed by atoms with Gasteiger partial charge in [-0.15, -0.1) is 0 Å². The van der Waals surface area contributed by atoms with Gasteiger partial charge in [-0.1, -0.05) is 19.8 Å². The van der Waals surface area contributed by atoms with E-state index in [1.54, 1.807) is 23.1 Å². The molecule has 10 nitrogen and oxygen atoms in total. The average molecular weight is 558 g/mol. The molecule has 5 rings (SSSR count). The summed E-state index contributed by atoms with van der Waals surface area (Å²) in [5.74, 6) is -4.10. The molecule has 2 aliphatic heterocycles. The quantitative estimate of drug-likeness (QED) is 0.530. The van der Waals surface area contributed by atoms with E-state index in [1.807, 2.05) is 0 Å². The normalized spacial score (nSPS) is 20.3. The molecule has 1 saturated carbocycles. The van der Waals surface area contributed by atoms with Gasteiger partial charge >= 0.3 is 5.92 Å². The van der Waals surface area contributed by atoms with Crippen molar-refractivity contribution in [3.8, 4) is 5.75 Å². The van der Waals surface area contributed by atoms with Gasteiger partial charge in [-0.05, 0) is 50.4 Å². The first-order valence-corrected chi connectivity index (χ1v) is 14.0. The second-order valence-corrected chi connectivity index (χ2v) is 10.8. The first kappa shape index (κ1) is 28.0. The maximum Gasteiger partial charge on any atom is 0.342 e. The molecule has 0 radical (unpaired) electrons. The molecule has 2 amide bonds. The van der Waals surface area contributed by atoms with Crippen LogP contribution in [0.25, 0.3) is 0 Å². The number of ether oxygens (including phenoxy) is 1. The highest BCUT2D eigenvalue weighted by Crippen LogP contribution is 2.40. The van der Waals surface area contributed by atoms with Gasteiger partial charge < -0.3 is 30.1 Å². The average Bonchev–Trinajstić information content (AvgIpc) is 3.48. The highest BCUT2D eigenvalue weighted by molar-refractivity contribution is 6.02.